The number of halogens is 2. The van der Waals surface area contributed by atoms with Gasteiger partial charge < -0.3 is 4.74 Å². The van der Waals surface area contributed by atoms with Gasteiger partial charge in [0.05, 0.1) is 11.6 Å². The van der Waals surface area contributed by atoms with Crippen LogP contribution in [0.3, 0.4) is 0 Å². The van der Waals surface area contributed by atoms with Crippen molar-refractivity contribution in [2.45, 2.75) is 99.8 Å². The second kappa shape index (κ2) is 10.1. The standard InChI is InChI=1S/C38H50BrFO3/c1-22-13-15-34(3)17-18-36(5)26(31(34)23(22)2)10-12-29-35(4)21-25(19-24-9-11-28(40)27(39)20-24)32(41)38(7,33(42)43-8)30(35)14-16-37(29,36)6/h9-11,19-20,22-23,29-31H,12-18,21H2,1-8H3/b25-19+/t22-,23+,29-,30-,31+,34-,35-,36-,37-,38-/m1/s1. The number of ketones is 1. The molecular formula is C38H50BrFO3. The third kappa shape index (κ3) is 4.14. The Morgan fingerprint density at radius 2 is 1.74 bits per heavy atom. The number of carbonyl (C=O) groups excluding carboxylic acids is 2. The first-order chi connectivity index (χ1) is 20.1. The Kier molecular flexibility index (Phi) is 7.36. The molecule has 234 valence electrons. The molecule has 0 aromatic heterocycles. The third-order valence-electron chi connectivity index (χ3n) is 14.6. The smallest absolute Gasteiger partial charge is 0.319 e. The van der Waals surface area contributed by atoms with Crippen LogP contribution in [0.1, 0.15) is 105 Å². The van der Waals surface area contributed by atoms with Crippen LogP contribution < -0.4 is 0 Å². The van der Waals surface area contributed by atoms with Gasteiger partial charge in [0.15, 0.2) is 5.78 Å². The number of methoxy groups -OCH3 is 1. The molecule has 4 fully saturated rings. The Labute approximate surface area is 266 Å². The lowest BCUT2D eigenvalue weighted by atomic mass is 9.33. The van der Waals surface area contributed by atoms with Crippen molar-refractivity contribution in [1.82, 2.24) is 0 Å². The van der Waals surface area contributed by atoms with Crippen molar-refractivity contribution in [3.63, 3.8) is 0 Å². The Morgan fingerprint density at radius 1 is 1.02 bits per heavy atom. The second-order valence-corrected chi connectivity index (χ2v) is 17.2. The first-order valence-electron chi connectivity index (χ1n) is 16.6. The van der Waals surface area contributed by atoms with Crippen LogP contribution in [0.4, 0.5) is 4.39 Å². The Balaban J connectivity index is 1.48. The van der Waals surface area contributed by atoms with E-state index in [1.165, 1.54) is 38.9 Å². The minimum atomic E-state index is -1.25. The largest absolute Gasteiger partial charge is 0.468 e. The zero-order valence-corrected chi connectivity index (χ0v) is 29.0. The molecule has 5 aliphatic rings. The lowest BCUT2D eigenvalue weighted by Crippen LogP contribution is -2.66. The van der Waals surface area contributed by atoms with Crippen LogP contribution in [0.15, 0.2) is 39.9 Å². The van der Waals surface area contributed by atoms with Gasteiger partial charge in [0, 0.05) is 0 Å². The van der Waals surface area contributed by atoms with Crippen LogP contribution >= 0.6 is 15.9 Å². The van der Waals surface area contributed by atoms with Crippen molar-refractivity contribution in [2.75, 3.05) is 7.11 Å². The molecule has 4 saturated carbocycles. The topological polar surface area (TPSA) is 43.4 Å². The van der Waals surface area contributed by atoms with Gasteiger partial charge in [-0.15, -0.1) is 0 Å². The molecule has 0 radical (unpaired) electrons. The summed E-state index contributed by atoms with van der Waals surface area (Å²) < 4.78 is 19.8. The van der Waals surface area contributed by atoms with E-state index < -0.39 is 11.4 Å². The van der Waals surface area contributed by atoms with E-state index in [4.69, 9.17) is 4.74 Å². The summed E-state index contributed by atoms with van der Waals surface area (Å²) in [6.45, 7) is 16.8. The number of benzene rings is 1. The molecule has 10 atom stereocenters. The number of esters is 1. The quantitative estimate of drug-likeness (QED) is 0.138. The number of fused-ring (bicyclic) bond motifs is 7. The van der Waals surface area contributed by atoms with Gasteiger partial charge in [0.2, 0.25) is 0 Å². The highest BCUT2D eigenvalue weighted by Gasteiger charge is 2.70. The Hall–Kier alpha value is -1.75. The van der Waals surface area contributed by atoms with E-state index in [2.05, 4.69) is 63.5 Å². The fourth-order valence-electron chi connectivity index (χ4n) is 11.8. The molecule has 0 aliphatic heterocycles. The predicted octanol–water partition coefficient (Wildman–Crippen LogP) is 9.98. The molecule has 5 aliphatic carbocycles. The zero-order valence-electron chi connectivity index (χ0n) is 27.4. The molecule has 0 unspecified atom stereocenters. The van der Waals surface area contributed by atoms with Crippen molar-refractivity contribution >= 4 is 33.8 Å². The maximum absolute atomic E-state index is 14.3. The van der Waals surface area contributed by atoms with Crippen molar-refractivity contribution in [3.05, 3.63) is 51.3 Å². The van der Waals surface area contributed by atoms with Gasteiger partial charge in [-0.3, -0.25) is 9.59 Å². The Morgan fingerprint density at radius 3 is 2.42 bits per heavy atom. The average molecular weight is 654 g/mol. The number of hydrogen-bond donors (Lipinski definition) is 0. The highest BCUT2D eigenvalue weighted by Crippen LogP contribution is 2.75. The van der Waals surface area contributed by atoms with Crippen LogP contribution in [0.5, 0.6) is 0 Å². The summed E-state index contributed by atoms with van der Waals surface area (Å²) in [6.07, 6.45) is 13.1. The minimum absolute atomic E-state index is 0.0610. The number of ether oxygens (including phenoxy) is 1. The SMILES string of the molecule is COC(=O)[C@@]1(C)C(=O)/C(=C/c2ccc(F)c(Br)c2)C[C@]2(C)[C@H]3CC=C4[C@@H]5[C@@H](C)[C@H](C)CC[C@]5(C)CC[C@@]4(C)[C@]3(C)CC[C@@H]12. The van der Waals surface area contributed by atoms with Gasteiger partial charge in [0.1, 0.15) is 11.2 Å². The van der Waals surface area contributed by atoms with Gasteiger partial charge in [-0.2, -0.15) is 0 Å². The Bertz CT molecular complexity index is 1430. The van der Waals surface area contributed by atoms with E-state index in [1.807, 2.05) is 13.0 Å². The molecule has 0 amide bonds. The van der Waals surface area contributed by atoms with Gasteiger partial charge in [-0.25, -0.2) is 4.39 Å². The summed E-state index contributed by atoms with van der Waals surface area (Å²) >= 11 is 3.31. The van der Waals surface area contributed by atoms with Gasteiger partial charge in [-0.1, -0.05) is 59.3 Å². The van der Waals surface area contributed by atoms with E-state index in [1.54, 1.807) is 17.7 Å². The van der Waals surface area contributed by atoms with Crippen LogP contribution in [-0.2, 0) is 14.3 Å². The van der Waals surface area contributed by atoms with Crippen LogP contribution in [-0.4, -0.2) is 18.9 Å². The van der Waals surface area contributed by atoms with Crippen molar-refractivity contribution in [3.8, 4) is 0 Å². The normalized spacial score (nSPS) is 46.7. The molecule has 0 heterocycles. The number of hydrogen-bond acceptors (Lipinski definition) is 3. The summed E-state index contributed by atoms with van der Waals surface area (Å²) in [5.41, 5.74) is 2.13. The zero-order chi connectivity index (χ0) is 31.3. The molecule has 5 heteroatoms. The van der Waals surface area contributed by atoms with E-state index in [9.17, 15) is 14.0 Å². The highest BCUT2D eigenvalue weighted by molar-refractivity contribution is 9.10. The molecule has 1 aromatic rings. The number of rotatable bonds is 2. The van der Waals surface area contributed by atoms with E-state index in [-0.39, 0.29) is 33.8 Å². The summed E-state index contributed by atoms with van der Waals surface area (Å²) in [6, 6.07) is 4.84. The monoisotopic (exact) mass is 652 g/mol. The second-order valence-electron chi connectivity index (χ2n) is 16.3. The van der Waals surface area contributed by atoms with Gasteiger partial charge >= 0.3 is 5.97 Å². The molecule has 6 rings (SSSR count). The van der Waals surface area contributed by atoms with Crippen LogP contribution in [0.25, 0.3) is 6.08 Å². The molecule has 3 nitrogen and oxygen atoms in total. The summed E-state index contributed by atoms with van der Waals surface area (Å²) in [7, 11) is 1.41. The van der Waals surface area contributed by atoms with Gasteiger partial charge in [-0.05, 0) is 155 Å². The fourth-order valence-corrected chi connectivity index (χ4v) is 12.2. The molecule has 0 bridgehead atoms. The summed E-state index contributed by atoms with van der Waals surface area (Å²) in [5.74, 6) is 1.36. The van der Waals surface area contributed by atoms with Crippen molar-refractivity contribution in [2.24, 2.45) is 56.7 Å². The average Bonchev–Trinajstić information content (AvgIpc) is 2.96. The van der Waals surface area contributed by atoms with Gasteiger partial charge in [0.25, 0.3) is 0 Å². The first-order valence-corrected chi connectivity index (χ1v) is 17.4. The summed E-state index contributed by atoms with van der Waals surface area (Å²) in [5, 5.41) is 0. The number of Topliss-reactive ketones (excluding diaryl/α,β-unsaturated/α-hetero) is 1. The lowest BCUT2D eigenvalue weighted by molar-refractivity contribution is -0.192. The lowest BCUT2D eigenvalue weighted by Gasteiger charge is -2.71. The first kappa shape index (κ1) is 31.2. The number of carbonyl (C=O) groups is 2. The van der Waals surface area contributed by atoms with Crippen molar-refractivity contribution < 1.29 is 18.7 Å². The van der Waals surface area contributed by atoms with E-state index >= 15 is 0 Å². The minimum Gasteiger partial charge on any atom is -0.468 e. The maximum atomic E-state index is 14.3. The predicted molar refractivity (Wildman–Crippen MR) is 173 cm³/mol. The van der Waals surface area contributed by atoms with Crippen LogP contribution in [0.2, 0.25) is 0 Å². The highest BCUT2D eigenvalue weighted by atomic mass is 79.9. The third-order valence-corrected chi connectivity index (χ3v) is 15.2. The number of allylic oxidation sites excluding steroid dienone is 3. The maximum Gasteiger partial charge on any atom is 0.319 e. The molecule has 43 heavy (non-hydrogen) atoms. The molecule has 0 spiro atoms. The molecule has 1 aromatic carbocycles. The van der Waals surface area contributed by atoms with E-state index in [0.717, 1.165) is 30.7 Å². The fraction of sp³-hybridized carbons (Fsp3) is 0.684. The van der Waals surface area contributed by atoms with Crippen molar-refractivity contribution in [1.29, 1.82) is 0 Å². The molecule has 0 N–H and O–H groups in total. The molecular weight excluding hydrogens is 603 g/mol. The summed E-state index contributed by atoms with van der Waals surface area (Å²) in [4.78, 5) is 28.0. The molecule has 0 saturated heterocycles. The van der Waals surface area contributed by atoms with E-state index in [0.29, 0.717) is 39.6 Å². The van der Waals surface area contributed by atoms with Crippen LogP contribution in [0, 0.1) is 62.5 Å².